The Morgan fingerprint density at radius 1 is 1.33 bits per heavy atom. The van der Waals surface area contributed by atoms with Crippen LogP contribution in [0.5, 0.6) is 0 Å². The molecule has 0 bridgehead atoms. The van der Waals surface area contributed by atoms with Crippen LogP contribution >= 0.6 is 11.8 Å². The molecule has 1 aromatic carbocycles. The van der Waals surface area contributed by atoms with Crippen molar-refractivity contribution in [3.8, 4) is 0 Å². The van der Waals surface area contributed by atoms with Gasteiger partial charge < -0.3 is 10.4 Å². The fraction of sp³-hybridized carbons (Fsp3) is 0.385. The lowest BCUT2D eigenvalue weighted by atomic mass is 10.0. The number of carboxylic acid groups (broad SMARTS) is 1. The summed E-state index contributed by atoms with van der Waals surface area (Å²) in [6, 6.07) is 5.14. The second-order valence-electron chi connectivity index (χ2n) is 5.01. The van der Waals surface area contributed by atoms with Gasteiger partial charge in [-0.2, -0.15) is 8.42 Å². The minimum Gasteiger partial charge on any atom is -0.480 e. The molecule has 21 heavy (non-hydrogen) atoms. The zero-order valence-corrected chi connectivity index (χ0v) is 13.5. The van der Waals surface area contributed by atoms with Crippen molar-refractivity contribution in [3.05, 3.63) is 23.8 Å². The molecule has 0 amide bonds. The summed E-state index contributed by atoms with van der Waals surface area (Å²) in [5.41, 5.74) is 1.33. The predicted molar refractivity (Wildman–Crippen MR) is 83.5 cm³/mol. The fourth-order valence-corrected chi connectivity index (χ4v) is 3.90. The molecular formula is C13H16N2O4S2. The summed E-state index contributed by atoms with van der Waals surface area (Å²) < 4.78 is 28.1. The maximum absolute atomic E-state index is 12.2. The van der Waals surface area contributed by atoms with E-state index in [1.54, 1.807) is 12.1 Å². The molecule has 114 valence electrons. The normalized spacial score (nSPS) is 17.6. The molecule has 8 heteroatoms. The maximum atomic E-state index is 12.2. The number of carbonyl (C=O) groups is 1. The first kappa shape index (κ1) is 15.8. The smallest absolute Gasteiger partial charge is 0.316 e. The van der Waals surface area contributed by atoms with Crippen LogP contribution in [-0.4, -0.2) is 29.9 Å². The van der Waals surface area contributed by atoms with Gasteiger partial charge in [0, 0.05) is 0 Å². The van der Waals surface area contributed by atoms with Crippen molar-refractivity contribution in [3.63, 3.8) is 0 Å². The largest absolute Gasteiger partial charge is 0.480 e. The quantitative estimate of drug-likeness (QED) is 0.885. The molecule has 1 unspecified atom stereocenters. The standard InChI is InChI=1S/C13H16N2O4S2/c1-7(2)9-4-5-10-11(6-9)21(18,19)15-13(14-10)20-8(3)12(16)17/h4-8H,1-3H3,(H,14,15)(H,16,17). The first-order valence-electron chi connectivity index (χ1n) is 6.36. The Labute approximate surface area is 127 Å². The summed E-state index contributed by atoms with van der Waals surface area (Å²) in [5.74, 6) is -0.819. The molecule has 1 aliphatic rings. The monoisotopic (exact) mass is 328 g/mol. The number of hydrogen-bond acceptors (Lipinski definition) is 5. The molecule has 0 aromatic heterocycles. The van der Waals surface area contributed by atoms with Crippen molar-refractivity contribution in [1.29, 1.82) is 0 Å². The van der Waals surface area contributed by atoms with Gasteiger partial charge in [0.15, 0.2) is 5.17 Å². The Hall–Kier alpha value is -1.54. The summed E-state index contributed by atoms with van der Waals surface area (Å²) in [6.45, 7) is 5.43. The number of aliphatic carboxylic acids is 1. The molecule has 1 heterocycles. The zero-order chi connectivity index (χ0) is 15.8. The second-order valence-corrected chi connectivity index (χ2v) is 7.91. The summed E-state index contributed by atoms with van der Waals surface area (Å²) >= 11 is 0.865. The number of thioether (sulfide) groups is 1. The Morgan fingerprint density at radius 2 is 2.00 bits per heavy atom. The van der Waals surface area contributed by atoms with E-state index in [1.807, 2.05) is 19.9 Å². The fourth-order valence-electron chi connectivity index (χ4n) is 1.78. The number of amidine groups is 1. The number of hydrogen-bond donors (Lipinski definition) is 2. The van der Waals surface area contributed by atoms with E-state index in [-0.39, 0.29) is 16.0 Å². The predicted octanol–water partition coefficient (Wildman–Crippen LogP) is 2.49. The Bertz CT molecular complexity index is 711. The molecule has 1 atom stereocenters. The van der Waals surface area contributed by atoms with Crippen LogP contribution < -0.4 is 5.32 Å². The third-order valence-corrected chi connectivity index (χ3v) is 5.43. The summed E-state index contributed by atoms with van der Waals surface area (Å²) in [5, 5.41) is 11.0. The van der Waals surface area contributed by atoms with Crippen LogP contribution in [0.1, 0.15) is 32.3 Å². The molecule has 2 N–H and O–H groups in total. The number of nitrogens with zero attached hydrogens (tertiary/aromatic N) is 1. The molecule has 0 saturated heterocycles. The first-order valence-corrected chi connectivity index (χ1v) is 8.68. The van der Waals surface area contributed by atoms with Crippen molar-refractivity contribution in [2.75, 3.05) is 5.32 Å². The minimum atomic E-state index is -3.81. The van der Waals surface area contributed by atoms with E-state index in [4.69, 9.17) is 5.11 Å². The van der Waals surface area contributed by atoms with Gasteiger partial charge in [0.25, 0.3) is 10.0 Å². The molecular weight excluding hydrogens is 312 g/mol. The SMILES string of the molecule is CC(SC1=NS(=O)(=O)c2cc(C(C)C)ccc2N1)C(=O)O. The van der Waals surface area contributed by atoms with E-state index < -0.39 is 21.2 Å². The highest BCUT2D eigenvalue weighted by Gasteiger charge is 2.27. The molecule has 0 fully saturated rings. The van der Waals surface area contributed by atoms with Crippen LogP contribution in [0.4, 0.5) is 5.69 Å². The number of sulfonamides is 1. The zero-order valence-electron chi connectivity index (χ0n) is 11.8. The molecule has 2 rings (SSSR count). The molecule has 6 nitrogen and oxygen atoms in total. The van der Waals surface area contributed by atoms with Gasteiger partial charge in [0.05, 0.1) is 5.69 Å². The van der Waals surface area contributed by atoms with E-state index in [1.165, 1.54) is 6.92 Å². The van der Waals surface area contributed by atoms with Gasteiger partial charge in [-0.15, -0.1) is 4.40 Å². The van der Waals surface area contributed by atoms with Gasteiger partial charge in [-0.1, -0.05) is 31.7 Å². The van der Waals surface area contributed by atoms with E-state index >= 15 is 0 Å². The maximum Gasteiger partial charge on any atom is 0.316 e. The average Bonchev–Trinajstić information content (AvgIpc) is 2.37. The van der Waals surface area contributed by atoms with E-state index in [2.05, 4.69) is 9.71 Å². The van der Waals surface area contributed by atoms with Gasteiger partial charge in [0.1, 0.15) is 10.1 Å². The minimum absolute atomic E-state index is 0.0784. The molecule has 0 radical (unpaired) electrons. The van der Waals surface area contributed by atoms with E-state index in [9.17, 15) is 13.2 Å². The van der Waals surface area contributed by atoms with Crippen LogP contribution in [0.15, 0.2) is 27.5 Å². The molecule has 1 aromatic rings. The number of nitrogens with one attached hydrogen (secondary N) is 1. The van der Waals surface area contributed by atoms with Crippen LogP contribution in [0, 0.1) is 0 Å². The third kappa shape index (κ3) is 3.38. The summed E-state index contributed by atoms with van der Waals surface area (Å²) in [7, 11) is -3.81. The highest BCUT2D eigenvalue weighted by Crippen LogP contribution is 2.32. The van der Waals surface area contributed by atoms with Gasteiger partial charge >= 0.3 is 5.97 Å². The topological polar surface area (TPSA) is 95.8 Å². The lowest BCUT2D eigenvalue weighted by Crippen LogP contribution is -2.23. The third-order valence-electron chi connectivity index (χ3n) is 3.03. The van der Waals surface area contributed by atoms with Gasteiger partial charge in [-0.25, -0.2) is 0 Å². The van der Waals surface area contributed by atoms with Crippen molar-refractivity contribution in [2.45, 2.75) is 36.8 Å². The number of carboxylic acids is 1. The van der Waals surface area contributed by atoms with Crippen LogP contribution in [-0.2, 0) is 14.8 Å². The molecule has 0 saturated carbocycles. The molecule has 1 aliphatic heterocycles. The van der Waals surface area contributed by atoms with Crippen LogP contribution in [0.25, 0.3) is 0 Å². The highest BCUT2D eigenvalue weighted by atomic mass is 32.2. The van der Waals surface area contributed by atoms with E-state index in [0.717, 1.165) is 17.3 Å². The van der Waals surface area contributed by atoms with Gasteiger partial charge in [-0.3, -0.25) is 4.79 Å². The first-order chi connectivity index (χ1) is 9.70. The Balaban J connectivity index is 2.38. The number of rotatable bonds is 3. The number of benzene rings is 1. The molecule has 0 spiro atoms. The van der Waals surface area contributed by atoms with Crippen molar-refractivity contribution >= 4 is 38.6 Å². The summed E-state index contributed by atoms with van der Waals surface area (Å²) in [6.07, 6.45) is 0. The highest BCUT2D eigenvalue weighted by molar-refractivity contribution is 8.15. The van der Waals surface area contributed by atoms with Crippen molar-refractivity contribution in [2.24, 2.45) is 4.40 Å². The number of anilines is 1. The second kappa shape index (κ2) is 5.69. The Morgan fingerprint density at radius 3 is 2.57 bits per heavy atom. The van der Waals surface area contributed by atoms with Crippen LogP contribution in [0.2, 0.25) is 0 Å². The Kier molecular flexibility index (Phi) is 4.29. The van der Waals surface area contributed by atoms with Crippen molar-refractivity contribution in [1.82, 2.24) is 0 Å². The molecule has 0 aliphatic carbocycles. The van der Waals surface area contributed by atoms with E-state index in [0.29, 0.717) is 5.69 Å². The summed E-state index contributed by atoms with van der Waals surface area (Å²) in [4.78, 5) is 11.0. The van der Waals surface area contributed by atoms with Gasteiger partial charge in [0.2, 0.25) is 0 Å². The number of fused-ring (bicyclic) bond motifs is 1. The van der Waals surface area contributed by atoms with Crippen LogP contribution in [0.3, 0.4) is 0 Å². The lowest BCUT2D eigenvalue weighted by Gasteiger charge is -2.20. The average molecular weight is 328 g/mol. The lowest BCUT2D eigenvalue weighted by molar-refractivity contribution is -0.136. The van der Waals surface area contributed by atoms with Crippen molar-refractivity contribution < 1.29 is 18.3 Å². The van der Waals surface area contributed by atoms with Gasteiger partial charge in [-0.05, 0) is 30.5 Å².